The third-order valence-corrected chi connectivity index (χ3v) is 3.13. The van der Waals surface area contributed by atoms with Crippen LogP contribution < -0.4 is 0 Å². The van der Waals surface area contributed by atoms with E-state index in [0.717, 1.165) is 11.1 Å². The minimum Gasteiger partial charge on any atom is -0.500 e. The van der Waals surface area contributed by atoms with Crippen molar-refractivity contribution in [1.29, 1.82) is 0 Å². The van der Waals surface area contributed by atoms with E-state index in [9.17, 15) is 9.90 Å². The van der Waals surface area contributed by atoms with Crippen molar-refractivity contribution in [2.75, 3.05) is 6.61 Å². The third-order valence-electron chi connectivity index (χ3n) is 3.13. The molecule has 2 aromatic rings. The molecule has 1 N–H and O–H groups in total. The molecule has 3 nitrogen and oxygen atoms in total. The van der Waals surface area contributed by atoms with Crippen molar-refractivity contribution in [3.8, 4) is 11.8 Å². The molecule has 0 aliphatic carbocycles. The summed E-state index contributed by atoms with van der Waals surface area (Å²) in [5, 5.41) is 10.2. The molecule has 0 spiro atoms. The van der Waals surface area contributed by atoms with Crippen molar-refractivity contribution >= 4 is 5.97 Å². The highest BCUT2D eigenvalue weighted by Crippen LogP contribution is 2.13. The number of hydrogen-bond donors (Lipinski definition) is 1. The van der Waals surface area contributed by atoms with Crippen LogP contribution in [0.25, 0.3) is 0 Å². The zero-order valence-corrected chi connectivity index (χ0v) is 13.0. The van der Waals surface area contributed by atoms with E-state index in [1.165, 1.54) is 0 Å². The average Bonchev–Trinajstić information content (AvgIpc) is 2.59. The Balaban J connectivity index is 2.31. The molecule has 0 saturated carbocycles. The Morgan fingerprint density at radius 1 is 1.04 bits per heavy atom. The van der Waals surface area contributed by atoms with Gasteiger partial charge in [0.15, 0.2) is 5.76 Å². The van der Waals surface area contributed by atoms with Crippen LogP contribution >= 0.6 is 0 Å². The number of benzene rings is 2. The number of carbonyl (C=O) groups excluding carboxylic acids is 1. The van der Waals surface area contributed by atoms with Crippen molar-refractivity contribution in [3.05, 3.63) is 83.1 Å². The fraction of sp³-hybridized carbons (Fsp3) is 0.150. The lowest BCUT2D eigenvalue weighted by Gasteiger charge is -2.07. The first kappa shape index (κ1) is 16.4. The maximum Gasteiger partial charge on any atom is 0.338 e. The largest absolute Gasteiger partial charge is 0.500 e. The molecule has 0 amide bonds. The van der Waals surface area contributed by atoms with Crippen molar-refractivity contribution in [3.63, 3.8) is 0 Å². The van der Waals surface area contributed by atoms with Gasteiger partial charge in [0.1, 0.15) is 0 Å². The fourth-order valence-electron chi connectivity index (χ4n) is 2.00. The van der Waals surface area contributed by atoms with Gasteiger partial charge < -0.3 is 9.84 Å². The predicted molar refractivity (Wildman–Crippen MR) is 89.8 cm³/mol. The van der Waals surface area contributed by atoms with Gasteiger partial charge in [-0.15, -0.1) is 0 Å². The van der Waals surface area contributed by atoms with E-state index in [2.05, 4.69) is 11.8 Å². The summed E-state index contributed by atoms with van der Waals surface area (Å²) in [5.41, 5.74) is 1.84. The summed E-state index contributed by atoms with van der Waals surface area (Å²) < 4.78 is 5.02. The van der Waals surface area contributed by atoms with E-state index in [1.54, 1.807) is 6.92 Å². The Bertz CT molecular complexity index is 735. The highest BCUT2D eigenvalue weighted by Gasteiger charge is 2.16. The topological polar surface area (TPSA) is 46.5 Å². The average molecular weight is 306 g/mol. The van der Waals surface area contributed by atoms with Crippen molar-refractivity contribution in [2.45, 2.75) is 13.3 Å². The molecule has 0 aliphatic rings. The van der Waals surface area contributed by atoms with Crippen LogP contribution in [0.1, 0.15) is 18.1 Å². The lowest BCUT2D eigenvalue weighted by atomic mass is 10.0. The van der Waals surface area contributed by atoms with Gasteiger partial charge >= 0.3 is 5.97 Å². The van der Waals surface area contributed by atoms with E-state index in [0.29, 0.717) is 0 Å². The quantitative estimate of drug-likeness (QED) is 0.406. The number of rotatable bonds is 4. The van der Waals surface area contributed by atoms with E-state index >= 15 is 0 Å². The van der Waals surface area contributed by atoms with Gasteiger partial charge in [-0.3, -0.25) is 0 Å². The summed E-state index contributed by atoms with van der Waals surface area (Å²) in [7, 11) is 0. The molecule has 0 aliphatic heterocycles. The SMILES string of the molecule is CCOC(=O)/C(Cc1ccccc1)=C(/O)C#Cc1ccccc1. The predicted octanol–water partition coefficient (Wildman–Crippen LogP) is 3.66. The zero-order valence-electron chi connectivity index (χ0n) is 13.0. The summed E-state index contributed by atoms with van der Waals surface area (Å²) in [6.45, 7) is 1.97. The summed E-state index contributed by atoms with van der Waals surface area (Å²) in [4.78, 5) is 12.1. The first-order chi connectivity index (χ1) is 11.2. The molecule has 0 fully saturated rings. The number of aliphatic hydroxyl groups excluding tert-OH is 1. The molecular formula is C20H18O3. The molecule has 3 heteroatoms. The van der Waals surface area contributed by atoms with Crippen molar-refractivity contribution in [2.24, 2.45) is 0 Å². The Hall–Kier alpha value is -2.99. The van der Waals surface area contributed by atoms with E-state index in [1.807, 2.05) is 60.7 Å². The number of ether oxygens (including phenoxy) is 1. The summed E-state index contributed by atoms with van der Waals surface area (Å²) in [6.07, 6.45) is 0.273. The summed E-state index contributed by atoms with van der Waals surface area (Å²) >= 11 is 0. The minimum absolute atomic E-state index is 0.168. The molecular weight excluding hydrogens is 288 g/mol. The number of esters is 1. The van der Waals surface area contributed by atoms with Crippen LogP contribution in [0.4, 0.5) is 0 Å². The number of carbonyl (C=O) groups is 1. The Kier molecular flexibility index (Phi) is 6.02. The van der Waals surface area contributed by atoms with Gasteiger partial charge in [0.25, 0.3) is 0 Å². The molecule has 0 radical (unpaired) electrons. The van der Waals surface area contributed by atoms with E-state index in [-0.39, 0.29) is 24.4 Å². The third kappa shape index (κ3) is 5.05. The first-order valence-electron chi connectivity index (χ1n) is 7.41. The second kappa shape index (κ2) is 8.45. The summed E-state index contributed by atoms with van der Waals surface area (Å²) in [5.74, 6) is 4.69. The second-order valence-electron chi connectivity index (χ2n) is 4.83. The normalized spacial score (nSPS) is 11.0. The van der Waals surface area contributed by atoms with Crippen LogP contribution in [0.3, 0.4) is 0 Å². The molecule has 0 unspecified atom stereocenters. The van der Waals surface area contributed by atoms with Crippen LogP contribution in [0.2, 0.25) is 0 Å². The molecule has 0 saturated heterocycles. The van der Waals surface area contributed by atoms with Crippen LogP contribution in [-0.4, -0.2) is 17.7 Å². The highest BCUT2D eigenvalue weighted by molar-refractivity contribution is 5.90. The monoisotopic (exact) mass is 306 g/mol. The lowest BCUT2D eigenvalue weighted by Crippen LogP contribution is -2.12. The van der Waals surface area contributed by atoms with E-state index < -0.39 is 5.97 Å². The van der Waals surface area contributed by atoms with Gasteiger partial charge in [-0.25, -0.2) is 4.79 Å². The van der Waals surface area contributed by atoms with Gasteiger partial charge in [0.2, 0.25) is 0 Å². The zero-order chi connectivity index (χ0) is 16.5. The van der Waals surface area contributed by atoms with Crippen molar-refractivity contribution < 1.29 is 14.6 Å². The maximum atomic E-state index is 12.1. The molecule has 0 bridgehead atoms. The second-order valence-corrected chi connectivity index (χ2v) is 4.83. The van der Waals surface area contributed by atoms with Crippen LogP contribution in [0, 0.1) is 11.8 Å². The van der Waals surface area contributed by atoms with Gasteiger partial charge in [0.05, 0.1) is 12.2 Å². The fourth-order valence-corrected chi connectivity index (χ4v) is 2.00. The molecule has 0 atom stereocenters. The van der Waals surface area contributed by atoms with E-state index in [4.69, 9.17) is 4.74 Å². The van der Waals surface area contributed by atoms with Gasteiger partial charge in [-0.1, -0.05) is 54.5 Å². The molecule has 2 aromatic carbocycles. The highest BCUT2D eigenvalue weighted by atomic mass is 16.5. The Morgan fingerprint density at radius 3 is 2.26 bits per heavy atom. The standard InChI is InChI=1S/C20H18O3/c1-2-23-20(22)18(15-17-11-7-4-8-12-17)19(21)14-13-16-9-5-3-6-10-16/h3-12,21H,2,15H2,1H3/b19-18+. The number of hydrogen-bond acceptors (Lipinski definition) is 3. The summed E-state index contributed by atoms with van der Waals surface area (Å²) in [6, 6.07) is 18.7. The van der Waals surface area contributed by atoms with Crippen LogP contribution in [0.15, 0.2) is 72.0 Å². The Labute approximate surface area is 136 Å². The smallest absolute Gasteiger partial charge is 0.338 e. The molecule has 0 heterocycles. The Morgan fingerprint density at radius 2 is 1.65 bits per heavy atom. The van der Waals surface area contributed by atoms with Crippen LogP contribution in [0.5, 0.6) is 0 Å². The molecule has 23 heavy (non-hydrogen) atoms. The minimum atomic E-state index is -0.545. The number of allylic oxidation sites excluding steroid dienone is 1. The van der Waals surface area contributed by atoms with Gasteiger partial charge in [-0.05, 0) is 30.5 Å². The lowest BCUT2D eigenvalue weighted by molar-refractivity contribution is -0.138. The maximum absolute atomic E-state index is 12.1. The molecule has 0 aromatic heterocycles. The van der Waals surface area contributed by atoms with Gasteiger partial charge in [-0.2, -0.15) is 0 Å². The molecule has 2 rings (SSSR count). The first-order valence-corrected chi connectivity index (χ1v) is 7.41. The van der Waals surface area contributed by atoms with Crippen LogP contribution in [-0.2, 0) is 16.0 Å². The number of aliphatic hydroxyl groups is 1. The van der Waals surface area contributed by atoms with Crippen molar-refractivity contribution in [1.82, 2.24) is 0 Å². The molecule has 116 valence electrons. The van der Waals surface area contributed by atoms with Gasteiger partial charge in [0, 0.05) is 12.0 Å².